The standard InChI is InChI=1S/C28H30F3N3O4/c29-28(30,31)38-23-3-1-2-18(14-23)15-24(35)34-16-27(17-34)12-10-22(11-13-27)33-26(37)20-6-8-21(9-7-20)32-25(36)19-4-5-19/h1-3,6-9,14,19,22H,4-5,10-13,15-17H2,(H,32,36)(H,33,37). The van der Waals surface area contributed by atoms with Crippen LogP contribution in [0.5, 0.6) is 5.75 Å². The van der Waals surface area contributed by atoms with Gasteiger partial charge in [-0.15, -0.1) is 13.2 Å². The monoisotopic (exact) mass is 529 g/mol. The topological polar surface area (TPSA) is 87.7 Å². The second-order valence-corrected chi connectivity index (χ2v) is 10.7. The van der Waals surface area contributed by atoms with Crippen LogP contribution in [0.2, 0.25) is 0 Å². The van der Waals surface area contributed by atoms with Gasteiger partial charge in [-0.3, -0.25) is 14.4 Å². The lowest BCUT2D eigenvalue weighted by Crippen LogP contribution is -2.60. The molecule has 0 bridgehead atoms. The molecule has 0 radical (unpaired) electrons. The second-order valence-electron chi connectivity index (χ2n) is 10.7. The number of hydrogen-bond acceptors (Lipinski definition) is 4. The number of amides is 3. The zero-order valence-electron chi connectivity index (χ0n) is 20.9. The minimum absolute atomic E-state index is 0.0207. The van der Waals surface area contributed by atoms with Crippen molar-refractivity contribution in [3.63, 3.8) is 0 Å². The fourth-order valence-corrected chi connectivity index (χ4v) is 5.33. The first-order chi connectivity index (χ1) is 18.1. The molecule has 2 saturated carbocycles. The summed E-state index contributed by atoms with van der Waals surface area (Å²) in [6.07, 6.45) is 0.534. The number of rotatable bonds is 7. The first kappa shape index (κ1) is 26.1. The van der Waals surface area contributed by atoms with Gasteiger partial charge in [0, 0.05) is 41.7 Å². The second kappa shape index (κ2) is 10.3. The number of likely N-dealkylation sites (tertiary alicyclic amines) is 1. The van der Waals surface area contributed by atoms with Crippen LogP contribution in [0.1, 0.15) is 54.4 Å². The number of nitrogens with zero attached hydrogens (tertiary/aromatic N) is 1. The molecule has 1 spiro atoms. The van der Waals surface area contributed by atoms with Gasteiger partial charge in [-0.05, 0) is 80.5 Å². The van der Waals surface area contributed by atoms with E-state index in [-0.39, 0.29) is 47.3 Å². The molecule has 3 fully saturated rings. The highest BCUT2D eigenvalue weighted by atomic mass is 19.4. The maximum Gasteiger partial charge on any atom is 0.573 e. The zero-order chi connectivity index (χ0) is 26.9. The van der Waals surface area contributed by atoms with Crippen molar-refractivity contribution >= 4 is 23.4 Å². The Kier molecular flexibility index (Phi) is 7.07. The number of nitrogens with one attached hydrogen (secondary N) is 2. The van der Waals surface area contributed by atoms with E-state index in [1.54, 1.807) is 35.2 Å². The number of anilines is 1. The van der Waals surface area contributed by atoms with E-state index in [4.69, 9.17) is 0 Å². The van der Waals surface area contributed by atoms with Crippen LogP contribution in [0.25, 0.3) is 0 Å². The number of carbonyl (C=O) groups is 3. The van der Waals surface area contributed by atoms with E-state index in [9.17, 15) is 27.6 Å². The van der Waals surface area contributed by atoms with Gasteiger partial charge in [0.1, 0.15) is 5.75 Å². The first-order valence-electron chi connectivity index (χ1n) is 12.9. The zero-order valence-corrected chi connectivity index (χ0v) is 20.9. The molecule has 38 heavy (non-hydrogen) atoms. The van der Waals surface area contributed by atoms with Crippen molar-refractivity contribution in [2.75, 3.05) is 18.4 Å². The van der Waals surface area contributed by atoms with E-state index in [2.05, 4.69) is 15.4 Å². The lowest BCUT2D eigenvalue weighted by Gasteiger charge is -2.53. The van der Waals surface area contributed by atoms with E-state index < -0.39 is 6.36 Å². The summed E-state index contributed by atoms with van der Waals surface area (Å²) in [6.45, 7) is 1.25. The quantitative estimate of drug-likeness (QED) is 0.546. The van der Waals surface area contributed by atoms with Gasteiger partial charge in [-0.1, -0.05) is 12.1 Å². The van der Waals surface area contributed by atoms with Crippen LogP contribution in [0, 0.1) is 11.3 Å². The molecule has 1 aliphatic heterocycles. The Hall–Kier alpha value is -3.56. The highest BCUT2D eigenvalue weighted by Gasteiger charge is 2.46. The molecule has 0 unspecified atom stereocenters. The van der Waals surface area contributed by atoms with Crippen LogP contribution in [-0.2, 0) is 16.0 Å². The van der Waals surface area contributed by atoms with Crippen molar-refractivity contribution in [3.05, 3.63) is 59.7 Å². The summed E-state index contributed by atoms with van der Waals surface area (Å²) in [6, 6.07) is 12.5. The third kappa shape index (κ3) is 6.46. The lowest BCUT2D eigenvalue weighted by molar-refractivity contribution is -0.274. The van der Waals surface area contributed by atoms with Crippen LogP contribution in [0.4, 0.5) is 18.9 Å². The Bertz CT molecular complexity index is 1190. The van der Waals surface area contributed by atoms with Gasteiger partial charge in [-0.25, -0.2) is 0 Å². The Morgan fingerprint density at radius 3 is 2.29 bits per heavy atom. The molecule has 202 valence electrons. The van der Waals surface area contributed by atoms with Crippen LogP contribution in [-0.4, -0.2) is 48.1 Å². The largest absolute Gasteiger partial charge is 0.573 e. The van der Waals surface area contributed by atoms with Crippen LogP contribution < -0.4 is 15.4 Å². The predicted octanol–water partition coefficient (Wildman–Crippen LogP) is 4.68. The first-order valence-corrected chi connectivity index (χ1v) is 12.9. The van der Waals surface area contributed by atoms with Crippen molar-refractivity contribution in [2.24, 2.45) is 11.3 Å². The van der Waals surface area contributed by atoms with Crippen molar-refractivity contribution in [1.29, 1.82) is 0 Å². The molecule has 2 N–H and O–H groups in total. The Morgan fingerprint density at radius 2 is 1.66 bits per heavy atom. The SMILES string of the molecule is O=C(NC1CCC2(CC1)CN(C(=O)Cc1cccc(OC(F)(F)F)c1)C2)c1ccc(NC(=O)C2CC2)cc1. The van der Waals surface area contributed by atoms with E-state index in [0.717, 1.165) is 38.5 Å². The molecule has 2 aromatic rings. The fourth-order valence-electron chi connectivity index (χ4n) is 5.33. The molecular formula is C28H30F3N3O4. The molecule has 3 aliphatic rings. The minimum Gasteiger partial charge on any atom is -0.406 e. The van der Waals surface area contributed by atoms with Gasteiger partial charge in [0.25, 0.3) is 5.91 Å². The third-order valence-corrected chi connectivity index (χ3v) is 7.64. The van der Waals surface area contributed by atoms with Crippen LogP contribution >= 0.6 is 0 Å². The van der Waals surface area contributed by atoms with Crippen LogP contribution in [0.15, 0.2) is 48.5 Å². The molecule has 1 saturated heterocycles. The molecule has 10 heteroatoms. The fraction of sp³-hybridized carbons (Fsp3) is 0.464. The van der Waals surface area contributed by atoms with Crippen molar-refractivity contribution in [3.8, 4) is 5.75 Å². The maximum atomic E-state index is 12.7. The van der Waals surface area contributed by atoms with E-state index in [1.165, 1.54) is 18.2 Å². The highest BCUT2D eigenvalue weighted by Crippen LogP contribution is 2.44. The normalized spacial score (nSPS) is 19.0. The summed E-state index contributed by atoms with van der Waals surface area (Å²) < 4.78 is 41.3. The van der Waals surface area contributed by atoms with Crippen LogP contribution in [0.3, 0.4) is 0 Å². The molecule has 3 amide bonds. The van der Waals surface area contributed by atoms with Crippen molar-refractivity contribution < 1.29 is 32.3 Å². The average molecular weight is 530 g/mol. The summed E-state index contributed by atoms with van der Waals surface area (Å²) in [5.41, 5.74) is 1.74. The van der Waals surface area contributed by atoms with E-state index in [1.807, 2.05) is 0 Å². The summed E-state index contributed by atoms with van der Waals surface area (Å²) in [5.74, 6) is -0.453. The number of alkyl halides is 3. The molecule has 0 aromatic heterocycles. The number of hydrogen-bond donors (Lipinski definition) is 2. The molecule has 7 nitrogen and oxygen atoms in total. The van der Waals surface area contributed by atoms with Gasteiger partial charge in [-0.2, -0.15) is 0 Å². The van der Waals surface area contributed by atoms with Gasteiger partial charge >= 0.3 is 6.36 Å². The predicted molar refractivity (Wildman–Crippen MR) is 133 cm³/mol. The molecule has 5 rings (SSSR count). The van der Waals surface area contributed by atoms with Gasteiger partial charge in [0.05, 0.1) is 6.42 Å². The molecule has 1 heterocycles. The summed E-state index contributed by atoms with van der Waals surface area (Å²) in [4.78, 5) is 39.0. The number of benzene rings is 2. The Balaban J connectivity index is 1.05. The number of carbonyl (C=O) groups excluding carboxylic acids is 3. The highest BCUT2D eigenvalue weighted by molar-refractivity contribution is 5.97. The molecular weight excluding hydrogens is 499 g/mol. The van der Waals surface area contributed by atoms with Gasteiger partial charge < -0.3 is 20.3 Å². The average Bonchev–Trinajstić information content (AvgIpc) is 3.68. The maximum absolute atomic E-state index is 12.7. The minimum atomic E-state index is -4.77. The molecule has 0 atom stereocenters. The molecule has 2 aromatic carbocycles. The molecule has 2 aliphatic carbocycles. The smallest absolute Gasteiger partial charge is 0.406 e. The third-order valence-electron chi connectivity index (χ3n) is 7.64. The van der Waals surface area contributed by atoms with E-state index in [0.29, 0.717) is 29.9 Å². The van der Waals surface area contributed by atoms with E-state index >= 15 is 0 Å². The summed E-state index contributed by atoms with van der Waals surface area (Å²) in [7, 11) is 0. The summed E-state index contributed by atoms with van der Waals surface area (Å²) >= 11 is 0. The Labute approximate surface area is 218 Å². The number of halogens is 3. The number of ether oxygens (including phenoxy) is 1. The Morgan fingerprint density at radius 1 is 0.974 bits per heavy atom. The lowest BCUT2D eigenvalue weighted by atomic mass is 9.67. The van der Waals surface area contributed by atoms with Gasteiger partial charge in [0.15, 0.2) is 0 Å². The van der Waals surface area contributed by atoms with Crippen molar-refractivity contribution in [1.82, 2.24) is 10.2 Å². The van der Waals surface area contributed by atoms with Gasteiger partial charge in [0.2, 0.25) is 11.8 Å². The summed E-state index contributed by atoms with van der Waals surface area (Å²) in [5, 5.41) is 5.96. The van der Waals surface area contributed by atoms with Crippen molar-refractivity contribution in [2.45, 2.75) is 57.3 Å².